The molecule has 3 rings (SSSR count). The maximum atomic E-state index is 13.1. The van der Waals surface area contributed by atoms with E-state index in [9.17, 15) is 31.2 Å². The lowest BCUT2D eigenvalue weighted by Gasteiger charge is -2.21. The van der Waals surface area contributed by atoms with Crippen LogP contribution in [-0.4, -0.2) is 43.8 Å². The van der Waals surface area contributed by atoms with Crippen molar-refractivity contribution in [2.75, 3.05) is 18.4 Å². The molecule has 0 unspecified atom stereocenters. The first-order chi connectivity index (χ1) is 16.4. The van der Waals surface area contributed by atoms with Gasteiger partial charge in [0.25, 0.3) is 5.91 Å². The van der Waals surface area contributed by atoms with E-state index in [2.05, 4.69) is 5.32 Å². The Morgan fingerprint density at radius 2 is 1.71 bits per heavy atom. The molecule has 0 aliphatic carbocycles. The lowest BCUT2D eigenvalue weighted by molar-refractivity contribution is -0.137. The maximum Gasteiger partial charge on any atom is 0.416 e. The highest BCUT2D eigenvalue weighted by molar-refractivity contribution is 7.89. The first-order valence-electron chi connectivity index (χ1n) is 10.9. The number of anilines is 1. The molecule has 1 amide bonds. The van der Waals surface area contributed by atoms with Gasteiger partial charge in [-0.1, -0.05) is 30.5 Å². The van der Waals surface area contributed by atoms with Crippen molar-refractivity contribution in [1.82, 2.24) is 4.31 Å². The molecule has 1 heterocycles. The summed E-state index contributed by atoms with van der Waals surface area (Å²) in [5, 5.41) is 2.21. The second-order valence-electron chi connectivity index (χ2n) is 8.08. The summed E-state index contributed by atoms with van der Waals surface area (Å²) >= 11 is 6.13. The molecule has 2 aromatic carbocycles. The van der Waals surface area contributed by atoms with Crippen LogP contribution in [0.3, 0.4) is 0 Å². The number of sulfonamides is 1. The number of halogens is 4. The summed E-state index contributed by atoms with van der Waals surface area (Å²) in [4.78, 5) is 24.7. The zero-order valence-electron chi connectivity index (χ0n) is 18.8. The van der Waals surface area contributed by atoms with Crippen LogP contribution in [0, 0.1) is 0 Å². The Labute approximate surface area is 206 Å². The van der Waals surface area contributed by atoms with Crippen molar-refractivity contribution in [3.05, 3.63) is 58.6 Å². The summed E-state index contributed by atoms with van der Waals surface area (Å²) in [7, 11) is -3.95. The number of carbonyl (C=O) groups is 2. The Morgan fingerprint density at radius 3 is 2.34 bits per heavy atom. The SMILES string of the molecule is C[C@H](OC(=O)c1ccc(Cl)c(S(=O)(=O)N2CCCCCC2)c1)C(=O)Nc1cccc(C(F)(F)F)c1. The maximum absolute atomic E-state index is 13.1. The predicted octanol–water partition coefficient (Wildman–Crippen LogP) is 5.11. The van der Waals surface area contributed by atoms with E-state index in [-0.39, 0.29) is 21.2 Å². The molecule has 0 saturated carbocycles. The van der Waals surface area contributed by atoms with Gasteiger partial charge in [-0.05, 0) is 56.2 Å². The van der Waals surface area contributed by atoms with Crippen molar-refractivity contribution >= 4 is 39.2 Å². The Morgan fingerprint density at radius 1 is 1.06 bits per heavy atom. The fourth-order valence-corrected chi connectivity index (χ4v) is 5.57. The van der Waals surface area contributed by atoms with Crippen LogP contribution < -0.4 is 5.32 Å². The van der Waals surface area contributed by atoms with E-state index < -0.39 is 39.7 Å². The van der Waals surface area contributed by atoms with E-state index in [4.69, 9.17) is 16.3 Å². The molecule has 1 aliphatic heterocycles. The van der Waals surface area contributed by atoms with E-state index >= 15 is 0 Å². The second kappa shape index (κ2) is 11.0. The summed E-state index contributed by atoms with van der Waals surface area (Å²) in [6.07, 6.45) is -2.68. The summed E-state index contributed by atoms with van der Waals surface area (Å²) < 4.78 is 71.3. The number of nitrogens with one attached hydrogen (secondary N) is 1. The van der Waals surface area contributed by atoms with Crippen LogP contribution in [0.15, 0.2) is 47.4 Å². The number of ether oxygens (including phenoxy) is 1. The normalized spacial score (nSPS) is 16.3. The van der Waals surface area contributed by atoms with Crippen molar-refractivity contribution in [2.45, 2.75) is 49.8 Å². The van der Waals surface area contributed by atoms with Gasteiger partial charge in [0.1, 0.15) is 4.90 Å². The summed E-state index contributed by atoms with van der Waals surface area (Å²) in [5.41, 5.74) is -1.20. The van der Waals surface area contributed by atoms with Gasteiger partial charge in [-0.25, -0.2) is 13.2 Å². The molecule has 0 bridgehead atoms. The van der Waals surface area contributed by atoms with Crippen LogP contribution in [-0.2, 0) is 25.7 Å². The van der Waals surface area contributed by atoms with Gasteiger partial charge >= 0.3 is 12.1 Å². The Balaban J connectivity index is 1.72. The minimum Gasteiger partial charge on any atom is -0.449 e. The third-order valence-corrected chi connectivity index (χ3v) is 7.84. The average Bonchev–Trinajstić information content (AvgIpc) is 3.09. The molecule has 1 N–H and O–H groups in total. The number of alkyl halides is 3. The van der Waals surface area contributed by atoms with Crippen LogP contribution in [0.4, 0.5) is 18.9 Å². The molecule has 0 spiro atoms. The molecular weight excluding hydrogens is 509 g/mol. The Hall–Kier alpha value is -2.63. The van der Waals surface area contributed by atoms with Gasteiger partial charge in [-0.15, -0.1) is 0 Å². The molecule has 1 aliphatic rings. The summed E-state index contributed by atoms with van der Waals surface area (Å²) in [5.74, 6) is -1.84. The third-order valence-electron chi connectivity index (χ3n) is 5.46. The van der Waals surface area contributed by atoms with Gasteiger partial charge in [-0.2, -0.15) is 17.5 Å². The predicted molar refractivity (Wildman–Crippen MR) is 124 cm³/mol. The van der Waals surface area contributed by atoms with Gasteiger partial charge in [0, 0.05) is 18.8 Å². The van der Waals surface area contributed by atoms with E-state index in [1.807, 2.05) is 0 Å². The number of nitrogens with zero attached hydrogens (tertiary/aromatic N) is 1. The Bertz CT molecular complexity index is 1200. The molecule has 12 heteroatoms. The number of amides is 1. The van der Waals surface area contributed by atoms with Crippen LogP contribution in [0.1, 0.15) is 48.5 Å². The van der Waals surface area contributed by atoms with Crippen molar-refractivity contribution in [1.29, 1.82) is 0 Å². The number of carbonyl (C=O) groups excluding carboxylic acids is 2. The van der Waals surface area contributed by atoms with E-state index in [1.165, 1.54) is 29.4 Å². The molecule has 190 valence electrons. The molecule has 1 saturated heterocycles. The van der Waals surface area contributed by atoms with Crippen molar-refractivity contribution in [3.8, 4) is 0 Å². The first kappa shape index (κ1) is 27.0. The zero-order valence-corrected chi connectivity index (χ0v) is 20.3. The molecule has 35 heavy (non-hydrogen) atoms. The molecule has 1 atom stereocenters. The second-order valence-corrected chi connectivity index (χ2v) is 10.4. The number of hydrogen-bond acceptors (Lipinski definition) is 5. The first-order valence-corrected chi connectivity index (χ1v) is 12.7. The summed E-state index contributed by atoms with van der Waals surface area (Å²) in [6, 6.07) is 7.64. The Kier molecular flexibility index (Phi) is 8.45. The number of hydrogen-bond donors (Lipinski definition) is 1. The molecule has 2 aromatic rings. The molecule has 7 nitrogen and oxygen atoms in total. The monoisotopic (exact) mass is 532 g/mol. The number of benzene rings is 2. The lowest BCUT2D eigenvalue weighted by Crippen LogP contribution is -2.32. The summed E-state index contributed by atoms with van der Waals surface area (Å²) in [6.45, 7) is 1.94. The van der Waals surface area contributed by atoms with Crippen LogP contribution in [0.5, 0.6) is 0 Å². The van der Waals surface area contributed by atoms with Gasteiger partial charge in [-0.3, -0.25) is 4.79 Å². The minimum absolute atomic E-state index is 0.0545. The number of rotatable bonds is 6. The fraction of sp³-hybridized carbons (Fsp3) is 0.391. The fourth-order valence-electron chi connectivity index (χ4n) is 3.55. The third kappa shape index (κ3) is 6.74. The molecule has 0 aromatic heterocycles. The van der Waals surface area contributed by atoms with E-state index in [0.29, 0.717) is 13.1 Å². The van der Waals surface area contributed by atoms with Crippen molar-refractivity contribution in [3.63, 3.8) is 0 Å². The highest BCUT2D eigenvalue weighted by Crippen LogP contribution is 2.31. The minimum atomic E-state index is -4.58. The van der Waals surface area contributed by atoms with Gasteiger partial charge in [0.2, 0.25) is 10.0 Å². The largest absolute Gasteiger partial charge is 0.449 e. The van der Waals surface area contributed by atoms with Crippen molar-refractivity contribution in [2.24, 2.45) is 0 Å². The smallest absolute Gasteiger partial charge is 0.416 e. The number of esters is 1. The lowest BCUT2D eigenvalue weighted by atomic mass is 10.2. The molecule has 0 radical (unpaired) electrons. The topological polar surface area (TPSA) is 92.8 Å². The van der Waals surface area contributed by atoms with Crippen LogP contribution in [0.25, 0.3) is 0 Å². The van der Waals surface area contributed by atoms with Crippen LogP contribution in [0.2, 0.25) is 5.02 Å². The molecular formula is C23H24ClF3N2O5S. The van der Waals surface area contributed by atoms with Crippen molar-refractivity contribution < 1.29 is 35.9 Å². The highest BCUT2D eigenvalue weighted by atomic mass is 35.5. The zero-order chi connectivity index (χ0) is 25.8. The quantitative estimate of drug-likeness (QED) is 0.522. The average molecular weight is 533 g/mol. The molecule has 1 fully saturated rings. The van der Waals surface area contributed by atoms with Gasteiger partial charge < -0.3 is 10.1 Å². The van der Waals surface area contributed by atoms with E-state index in [1.54, 1.807) is 0 Å². The van der Waals surface area contributed by atoms with Gasteiger partial charge in [0.05, 0.1) is 16.1 Å². The highest BCUT2D eigenvalue weighted by Gasteiger charge is 2.31. The standard InChI is InChI=1S/C23H24ClF3N2O5S/c1-15(21(30)28-18-8-6-7-17(14-18)23(25,26)27)34-22(31)16-9-10-19(24)20(13-16)35(32,33)29-11-4-2-3-5-12-29/h6-10,13-15H,2-5,11-12H2,1H3,(H,28,30)/t15-/m0/s1. The van der Waals surface area contributed by atoms with Crippen LogP contribution >= 0.6 is 11.6 Å². The van der Waals surface area contributed by atoms with Gasteiger partial charge in [0.15, 0.2) is 6.10 Å². The van der Waals surface area contributed by atoms with E-state index in [0.717, 1.165) is 49.9 Å².